The van der Waals surface area contributed by atoms with Gasteiger partial charge in [-0.05, 0) is 54.8 Å². The maximum atomic E-state index is 12.2. The van der Waals surface area contributed by atoms with Crippen molar-refractivity contribution >= 4 is 14.1 Å². The minimum absolute atomic E-state index is 0.00449. The number of carbonyl (C=O) groups excluding carboxylic acids is 1. The van der Waals surface area contributed by atoms with E-state index in [1.54, 1.807) is 6.92 Å². The van der Waals surface area contributed by atoms with E-state index < -0.39 is 33.0 Å². The summed E-state index contributed by atoms with van der Waals surface area (Å²) in [5.41, 5.74) is 9.30. The topological polar surface area (TPSA) is 103 Å². The molecule has 2 fully saturated rings. The van der Waals surface area contributed by atoms with E-state index in [0.717, 1.165) is 6.42 Å². The highest BCUT2D eigenvalue weighted by molar-refractivity contribution is 6.74. The van der Waals surface area contributed by atoms with Gasteiger partial charge in [0.15, 0.2) is 26.7 Å². The summed E-state index contributed by atoms with van der Waals surface area (Å²) in [5.74, 6) is 0.373. The second-order valence-corrected chi connectivity index (χ2v) is 16.4. The number of carbonyl (C=O) groups is 1. The van der Waals surface area contributed by atoms with Crippen LogP contribution >= 0.6 is 0 Å². The molecule has 0 aromatic rings. The highest BCUT2D eigenvalue weighted by atomic mass is 28.4. The Morgan fingerprint density at radius 3 is 2.12 bits per heavy atom. The van der Waals surface area contributed by atoms with Gasteiger partial charge in [-0.25, -0.2) is 0 Å². The summed E-state index contributed by atoms with van der Waals surface area (Å²) in [6.45, 7) is 22.8. The van der Waals surface area contributed by atoms with Crippen LogP contribution in [0.4, 0.5) is 0 Å². The first-order valence-electron chi connectivity index (χ1n) is 12.3. The molecule has 2 aliphatic rings. The first-order chi connectivity index (χ1) is 15.2. The average Bonchev–Trinajstić information content (AvgIpc) is 2.71. The minimum atomic E-state index is -2.16. The molecule has 190 valence electrons. The van der Waals surface area contributed by atoms with Gasteiger partial charge in [-0.2, -0.15) is 0 Å². The summed E-state index contributed by atoms with van der Waals surface area (Å²) in [5, 5.41) is 4.09. The van der Waals surface area contributed by atoms with Crippen LogP contribution in [0, 0.1) is 23.7 Å². The fourth-order valence-corrected chi connectivity index (χ4v) is 5.74. The van der Waals surface area contributed by atoms with Gasteiger partial charge in [0, 0.05) is 10.8 Å². The van der Waals surface area contributed by atoms with Crippen molar-refractivity contribution < 1.29 is 23.4 Å². The predicted octanol–water partition coefficient (Wildman–Crippen LogP) is 6.07. The minimum Gasteiger partial charge on any atom is -0.392 e. The molecule has 33 heavy (non-hydrogen) atoms. The first-order valence-corrected chi connectivity index (χ1v) is 15.3. The third kappa shape index (κ3) is 6.00. The van der Waals surface area contributed by atoms with Gasteiger partial charge >= 0.3 is 0 Å². The zero-order chi connectivity index (χ0) is 25.3. The van der Waals surface area contributed by atoms with Crippen molar-refractivity contribution in [1.29, 1.82) is 0 Å². The molecular formula is C24H45N3O5Si. The van der Waals surface area contributed by atoms with Crippen LogP contribution in [0.25, 0.3) is 10.4 Å². The quantitative estimate of drug-likeness (QED) is 0.189. The van der Waals surface area contributed by atoms with Gasteiger partial charge in [-0.15, -0.1) is 0 Å². The zero-order valence-electron chi connectivity index (χ0n) is 22.4. The lowest BCUT2D eigenvalue weighted by Gasteiger charge is -2.50. The number of ether oxygens (including phenoxy) is 3. The van der Waals surface area contributed by atoms with Crippen molar-refractivity contribution in [3.05, 3.63) is 10.4 Å². The van der Waals surface area contributed by atoms with Crippen molar-refractivity contribution in [1.82, 2.24) is 0 Å². The van der Waals surface area contributed by atoms with E-state index in [9.17, 15) is 10.3 Å². The fourth-order valence-electron chi connectivity index (χ4n) is 4.61. The van der Waals surface area contributed by atoms with E-state index in [4.69, 9.17) is 18.6 Å². The van der Waals surface area contributed by atoms with Gasteiger partial charge < -0.3 is 18.6 Å². The zero-order valence-corrected chi connectivity index (χ0v) is 23.4. The van der Waals surface area contributed by atoms with Gasteiger partial charge in [0.2, 0.25) is 0 Å². The molecule has 0 aromatic carbocycles. The molecule has 0 bridgehead atoms. The molecule has 0 spiro atoms. The highest BCUT2D eigenvalue weighted by Gasteiger charge is 2.50. The Labute approximate surface area is 200 Å². The van der Waals surface area contributed by atoms with E-state index in [1.165, 1.54) is 0 Å². The molecule has 2 heterocycles. The van der Waals surface area contributed by atoms with Crippen molar-refractivity contribution in [2.75, 3.05) is 0 Å². The van der Waals surface area contributed by atoms with Crippen LogP contribution in [-0.4, -0.2) is 51.0 Å². The number of rotatable bonds is 7. The van der Waals surface area contributed by atoms with E-state index in [-0.39, 0.29) is 46.7 Å². The number of ketones is 1. The maximum Gasteiger partial charge on any atom is 0.195 e. The lowest BCUT2D eigenvalue weighted by Crippen LogP contribution is -2.59. The third-order valence-corrected chi connectivity index (χ3v) is 12.8. The molecule has 0 N–H and O–H groups in total. The summed E-state index contributed by atoms with van der Waals surface area (Å²) in [4.78, 5) is 15.3. The van der Waals surface area contributed by atoms with Crippen LogP contribution < -0.4 is 0 Å². The Balaban J connectivity index is 2.30. The Kier molecular flexibility index (Phi) is 9.21. The largest absolute Gasteiger partial charge is 0.392 e. The molecule has 9 heteroatoms. The Morgan fingerprint density at radius 2 is 1.64 bits per heavy atom. The smallest absolute Gasteiger partial charge is 0.195 e. The standard InChI is InChI=1S/C24H45N3O5Si/c1-12-18-21(31-22-15(4)13(2)14(3)20(30-22)17(6)28)16(5)19(26-27-25)23(29-18)32-33(10,11)24(7,8)9/h13-16,18-23H,12H2,1-11H3/t13-,14-,15?,16+,18?,19?,20?,21-,22-,23-/m0/s1. The molecule has 2 rings (SSSR count). The maximum absolute atomic E-state index is 12.2. The molecule has 10 atom stereocenters. The van der Waals surface area contributed by atoms with Crippen LogP contribution in [0.15, 0.2) is 5.11 Å². The van der Waals surface area contributed by atoms with Gasteiger partial charge in [0.25, 0.3) is 0 Å². The molecule has 0 amide bonds. The Hall–Kier alpha value is -0.963. The van der Waals surface area contributed by atoms with Crippen LogP contribution in [0.3, 0.4) is 0 Å². The van der Waals surface area contributed by atoms with Gasteiger partial charge in [0.1, 0.15) is 6.10 Å². The van der Waals surface area contributed by atoms with Crippen molar-refractivity contribution in [3.63, 3.8) is 0 Å². The van der Waals surface area contributed by atoms with Gasteiger partial charge in [0.05, 0.1) is 18.2 Å². The van der Waals surface area contributed by atoms with Crippen LogP contribution in [0.5, 0.6) is 0 Å². The Morgan fingerprint density at radius 1 is 1.03 bits per heavy atom. The lowest BCUT2D eigenvalue weighted by molar-refractivity contribution is -0.304. The van der Waals surface area contributed by atoms with Crippen molar-refractivity contribution in [3.8, 4) is 0 Å². The van der Waals surface area contributed by atoms with Gasteiger partial charge in [-0.3, -0.25) is 4.79 Å². The summed E-state index contributed by atoms with van der Waals surface area (Å²) >= 11 is 0. The van der Waals surface area contributed by atoms with Gasteiger partial charge in [-0.1, -0.05) is 60.5 Å². The normalized spacial score (nSPS) is 40.2. The van der Waals surface area contributed by atoms with E-state index in [0.29, 0.717) is 0 Å². The molecule has 4 unspecified atom stereocenters. The molecule has 0 saturated carbocycles. The van der Waals surface area contributed by atoms with Crippen LogP contribution in [-0.2, 0) is 23.4 Å². The van der Waals surface area contributed by atoms with Crippen molar-refractivity contribution in [2.45, 2.75) is 124 Å². The monoisotopic (exact) mass is 483 g/mol. The molecular weight excluding hydrogens is 438 g/mol. The van der Waals surface area contributed by atoms with E-state index in [2.05, 4.69) is 71.6 Å². The van der Waals surface area contributed by atoms with E-state index in [1.807, 2.05) is 6.92 Å². The van der Waals surface area contributed by atoms with Crippen molar-refractivity contribution in [2.24, 2.45) is 28.8 Å². The number of hydrogen-bond donors (Lipinski definition) is 0. The number of hydrogen-bond acceptors (Lipinski definition) is 6. The summed E-state index contributed by atoms with van der Waals surface area (Å²) < 4.78 is 25.7. The second-order valence-electron chi connectivity index (χ2n) is 11.6. The number of Topliss-reactive ketones (excluding diaryl/α,β-unsaturated/α-hetero) is 1. The van der Waals surface area contributed by atoms with Crippen LogP contribution in [0.1, 0.15) is 68.7 Å². The van der Waals surface area contributed by atoms with Crippen LogP contribution in [0.2, 0.25) is 18.1 Å². The summed E-state index contributed by atoms with van der Waals surface area (Å²) in [6, 6.07) is -0.518. The average molecular weight is 484 g/mol. The summed E-state index contributed by atoms with van der Waals surface area (Å²) in [6.07, 6.45) is -1.48. The molecule has 8 nitrogen and oxygen atoms in total. The Bertz CT molecular complexity index is 736. The van der Waals surface area contributed by atoms with E-state index >= 15 is 0 Å². The lowest BCUT2D eigenvalue weighted by atomic mass is 9.78. The third-order valence-electron chi connectivity index (χ3n) is 8.35. The highest BCUT2D eigenvalue weighted by Crippen LogP contribution is 2.43. The fraction of sp³-hybridized carbons (Fsp3) is 0.958. The SMILES string of the molecule is CCC1O[C@@H](O[Si](C)(C)C(C)(C)C)C(N=[N+]=[N-])[C@@H](C)[C@@H]1O[C@@H]1OC(C(C)=O)[C@@H](C)[C@H](C)C1C. The first kappa shape index (κ1) is 28.3. The molecule has 0 aromatic heterocycles. The number of azide groups is 1. The second kappa shape index (κ2) is 10.8. The molecule has 0 aliphatic carbocycles. The number of nitrogens with zero attached hydrogens (tertiary/aromatic N) is 3. The molecule has 0 radical (unpaired) electrons. The molecule has 2 aliphatic heterocycles. The molecule has 2 saturated heterocycles. The predicted molar refractivity (Wildman–Crippen MR) is 131 cm³/mol. The summed E-state index contributed by atoms with van der Waals surface area (Å²) in [7, 11) is -2.16.